The van der Waals surface area contributed by atoms with E-state index in [9.17, 15) is 4.79 Å². The van der Waals surface area contributed by atoms with E-state index in [1.165, 1.54) is 0 Å². The first-order chi connectivity index (χ1) is 8.58. The molecule has 0 saturated carbocycles. The summed E-state index contributed by atoms with van der Waals surface area (Å²) in [6, 6.07) is 3.73. The fourth-order valence-corrected chi connectivity index (χ4v) is 1.78. The summed E-state index contributed by atoms with van der Waals surface area (Å²) >= 11 is 0. The monoisotopic (exact) mass is 246 g/mol. The Morgan fingerprint density at radius 3 is 2.94 bits per heavy atom. The van der Waals surface area contributed by atoms with Gasteiger partial charge in [-0.05, 0) is 32.1 Å². The lowest BCUT2D eigenvalue weighted by Crippen LogP contribution is -2.02. The van der Waals surface area contributed by atoms with Crippen molar-refractivity contribution in [2.45, 2.75) is 20.4 Å². The summed E-state index contributed by atoms with van der Waals surface area (Å²) in [7, 11) is 0. The van der Waals surface area contributed by atoms with Crippen molar-refractivity contribution in [3.63, 3.8) is 0 Å². The minimum Gasteiger partial charge on any atom is -0.478 e. The second-order valence-corrected chi connectivity index (χ2v) is 4.04. The summed E-state index contributed by atoms with van der Waals surface area (Å²) in [5, 5.41) is 12.5. The number of aryl methyl sites for hydroxylation is 2. The van der Waals surface area contributed by atoms with Gasteiger partial charge in [0.15, 0.2) is 0 Å². The lowest BCUT2D eigenvalue weighted by atomic mass is 10.2. The highest BCUT2D eigenvalue weighted by molar-refractivity contribution is 5.84. The van der Waals surface area contributed by atoms with E-state index in [-0.39, 0.29) is 0 Å². The van der Waals surface area contributed by atoms with Crippen LogP contribution in [0, 0.1) is 13.8 Å². The van der Waals surface area contributed by atoms with E-state index in [2.05, 4.69) is 5.16 Å². The molecule has 0 aliphatic rings. The van der Waals surface area contributed by atoms with Crippen LogP contribution in [0.25, 0.3) is 6.08 Å². The Morgan fingerprint density at radius 2 is 2.33 bits per heavy atom. The zero-order valence-corrected chi connectivity index (χ0v) is 10.3. The molecule has 5 nitrogen and oxygen atoms in total. The van der Waals surface area contributed by atoms with Crippen LogP contribution in [0.4, 0.5) is 0 Å². The van der Waals surface area contributed by atoms with Crippen molar-refractivity contribution in [2.24, 2.45) is 0 Å². The van der Waals surface area contributed by atoms with Gasteiger partial charge >= 0.3 is 5.97 Å². The van der Waals surface area contributed by atoms with Crippen LogP contribution in [-0.4, -0.2) is 20.8 Å². The van der Waals surface area contributed by atoms with Crippen molar-refractivity contribution < 1.29 is 14.4 Å². The first-order valence-corrected chi connectivity index (χ1v) is 5.56. The SMILES string of the molecule is Cc1noc(C)c1Cn1cccc1/C=C/C(=O)O. The molecule has 0 aliphatic heterocycles. The van der Waals surface area contributed by atoms with E-state index in [1.54, 1.807) is 6.08 Å². The summed E-state index contributed by atoms with van der Waals surface area (Å²) in [6.45, 7) is 4.38. The number of aromatic nitrogens is 2. The van der Waals surface area contributed by atoms with Crippen LogP contribution in [0.15, 0.2) is 28.9 Å². The highest BCUT2D eigenvalue weighted by Gasteiger charge is 2.10. The zero-order chi connectivity index (χ0) is 13.1. The quantitative estimate of drug-likeness (QED) is 0.840. The second-order valence-electron chi connectivity index (χ2n) is 4.04. The largest absolute Gasteiger partial charge is 0.478 e. The number of carbonyl (C=O) groups is 1. The molecule has 0 aromatic carbocycles. The molecule has 2 aromatic rings. The van der Waals surface area contributed by atoms with Gasteiger partial charge in [0.2, 0.25) is 0 Å². The molecule has 0 saturated heterocycles. The molecule has 2 rings (SSSR count). The second kappa shape index (κ2) is 4.91. The van der Waals surface area contributed by atoms with Gasteiger partial charge in [-0.1, -0.05) is 5.16 Å². The summed E-state index contributed by atoms with van der Waals surface area (Å²) < 4.78 is 7.06. The average molecular weight is 246 g/mol. The van der Waals surface area contributed by atoms with Crippen molar-refractivity contribution in [2.75, 3.05) is 0 Å². The zero-order valence-electron chi connectivity index (χ0n) is 10.3. The van der Waals surface area contributed by atoms with Gasteiger partial charge in [0.05, 0.1) is 12.2 Å². The molecule has 94 valence electrons. The van der Waals surface area contributed by atoms with Crippen LogP contribution in [0.3, 0.4) is 0 Å². The molecule has 0 atom stereocenters. The summed E-state index contributed by atoms with van der Waals surface area (Å²) in [5.74, 6) is -0.172. The number of carboxylic acid groups (broad SMARTS) is 1. The number of hydrogen-bond donors (Lipinski definition) is 1. The van der Waals surface area contributed by atoms with Gasteiger partial charge in [0.25, 0.3) is 0 Å². The van der Waals surface area contributed by atoms with Gasteiger partial charge in [0.1, 0.15) is 5.76 Å². The lowest BCUT2D eigenvalue weighted by molar-refractivity contribution is -0.131. The molecule has 0 spiro atoms. The van der Waals surface area contributed by atoms with E-state index in [1.807, 2.05) is 36.7 Å². The Balaban J connectivity index is 2.25. The normalized spacial score (nSPS) is 11.2. The Kier molecular flexibility index (Phi) is 3.32. The minimum absolute atomic E-state index is 0.619. The number of aliphatic carboxylic acids is 1. The average Bonchev–Trinajstić information content (AvgIpc) is 2.88. The maximum atomic E-state index is 10.5. The Morgan fingerprint density at radius 1 is 1.56 bits per heavy atom. The molecule has 5 heteroatoms. The van der Waals surface area contributed by atoms with Gasteiger partial charge < -0.3 is 14.2 Å². The molecule has 0 bridgehead atoms. The predicted molar refractivity (Wildman–Crippen MR) is 66.2 cm³/mol. The molecule has 1 N–H and O–H groups in total. The number of hydrogen-bond acceptors (Lipinski definition) is 3. The van der Waals surface area contributed by atoms with Crippen LogP contribution in [0.1, 0.15) is 22.7 Å². The van der Waals surface area contributed by atoms with Crippen LogP contribution in [0.5, 0.6) is 0 Å². The van der Waals surface area contributed by atoms with E-state index in [0.29, 0.717) is 6.54 Å². The Labute approximate surface area is 104 Å². The van der Waals surface area contributed by atoms with Crippen LogP contribution in [-0.2, 0) is 11.3 Å². The van der Waals surface area contributed by atoms with E-state index >= 15 is 0 Å². The highest BCUT2D eigenvalue weighted by atomic mass is 16.5. The van der Waals surface area contributed by atoms with E-state index in [0.717, 1.165) is 28.8 Å². The standard InChI is InChI=1S/C13H14N2O3/c1-9-12(10(2)18-14-9)8-15-7-3-4-11(15)5-6-13(16)17/h3-7H,8H2,1-2H3,(H,16,17)/b6-5+. The summed E-state index contributed by atoms with van der Waals surface area (Å²) in [5.41, 5.74) is 2.71. The van der Waals surface area contributed by atoms with Gasteiger partial charge in [-0.25, -0.2) is 4.79 Å². The molecule has 18 heavy (non-hydrogen) atoms. The summed E-state index contributed by atoms with van der Waals surface area (Å²) in [4.78, 5) is 10.5. The van der Waals surface area contributed by atoms with Crippen molar-refractivity contribution in [3.8, 4) is 0 Å². The van der Waals surface area contributed by atoms with Crippen LogP contribution >= 0.6 is 0 Å². The molecule has 0 amide bonds. The van der Waals surface area contributed by atoms with Crippen molar-refractivity contribution in [3.05, 3.63) is 47.1 Å². The van der Waals surface area contributed by atoms with Gasteiger partial charge in [0, 0.05) is 23.5 Å². The molecule has 0 radical (unpaired) electrons. The predicted octanol–water partition coefficient (Wildman–Crippen LogP) is 2.24. The topological polar surface area (TPSA) is 68.3 Å². The maximum absolute atomic E-state index is 10.5. The first-order valence-electron chi connectivity index (χ1n) is 5.56. The molecule has 2 heterocycles. The van der Waals surface area contributed by atoms with Crippen molar-refractivity contribution in [1.82, 2.24) is 9.72 Å². The number of nitrogens with zero attached hydrogens (tertiary/aromatic N) is 2. The fourth-order valence-electron chi connectivity index (χ4n) is 1.78. The Hall–Kier alpha value is -2.30. The summed E-state index contributed by atoms with van der Waals surface area (Å²) in [6.07, 6.45) is 4.59. The molecule has 0 unspecified atom stereocenters. The van der Waals surface area contributed by atoms with E-state index in [4.69, 9.17) is 9.63 Å². The first kappa shape index (κ1) is 12.2. The molecular formula is C13H14N2O3. The molecule has 0 fully saturated rings. The smallest absolute Gasteiger partial charge is 0.328 e. The van der Waals surface area contributed by atoms with Crippen LogP contribution < -0.4 is 0 Å². The third kappa shape index (κ3) is 2.51. The lowest BCUT2D eigenvalue weighted by Gasteiger charge is -2.05. The maximum Gasteiger partial charge on any atom is 0.328 e. The molecule has 0 aliphatic carbocycles. The third-order valence-corrected chi connectivity index (χ3v) is 2.77. The minimum atomic E-state index is -0.958. The van der Waals surface area contributed by atoms with Gasteiger partial charge in [-0.15, -0.1) is 0 Å². The van der Waals surface area contributed by atoms with Crippen molar-refractivity contribution >= 4 is 12.0 Å². The number of carboxylic acids is 1. The van der Waals surface area contributed by atoms with Crippen LogP contribution in [0.2, 0.25) is 0 Å². The molecule has 2 aromatic heterocycles. The number of rotatable bonds is 4. The third-order valence-electron chi connectivity index (χ3n) is 2.77. The highest BCUT2D eigenvalue weighted by Crippen LogP contribution is 2.16. The Bertz CT molecular complexity index is 574. The van der Waals surface area contributed by atoms with E-state index < -0.39 is 5.97 Å². The van der Waals surface area contributed by atoms with Gasteiger partial charge in [-0.3, -0.25) is 0 Å². The fraction of sp³-hybridized carbons (Fsp3) is 0.231. The van der Waals surface area contributed by atoms with Gasteiger partial charge in [-0.2, -0.15) is 0 Å². The molecular weight excluding hydrogens is 232 g/mol. The van der Waals surface area contributed by atoms with Crippen molar-refractivity contribution in [1.29, 1.82) is 0 Å².